The van der Waals surface area contributed by atoms with E-state index in [0.29, 0.717) is 6.10 Å². The molecule has 0 spiro atoms. The molecule has 1 nitrogen and oxygen atoms in total. The summed E-state index contributed by atoms with van der Waals surface area (Å²) in [7, 11) is 0. The number of rotatable bonds is 5. The Morgan fingerprint density at radius 3 is 2.33 bits per heavy atom. The highest BCUT2D eigenvalue weighted by Gasteiger charge is 2.31. The maximum atomic E-state index is 5.92. The van der Waals surface area contributed by atoms with E-state index in [1.165, 1.54) is 18.4 Å². The second-order valence-electron chi connectivity index (χ2n) is 3.93. The predicted molar refractivity (Wildman–Crippen MR) is 70.0 cm³/mol. The normalized spacial score (nSPS) is 17.5. The second kappa shape index (κ2) is 5.35. The van der Waals surface area contributed by atoms with Gasteiger partial charge in [0, 0.05) is 10.7 Å². The number of alkyl halides is 2. The third kappa shape index (κ3) is 3.22. The molecular weight excluding hydrogens is 320 g/mol. The van der Waals surface area contributed by atoms with E-state index in [0.717, 1.165) is 22.3 Å². The van der Waals surface area contributed by atoms with Crippen LogP contribution in [0.5, 0.6) is 5.75 Å². The Morgan fingerprint density at radius 2 is 1.87 bits per heavy atom. The molecule has 1 aromatic carbocycles. The van der Waals surface area contributed by atoms with Crippen molar-refractivity contribution in [2.45, 2.75) is 24.3 Å². The van der Waals surface area contributed by atoms with Crippen LogP contribution in [0.4, 0.5) is 0 Å². The van der Waals surface area contributed by atoms with Crippen molar-refractivity contribution in [3.63, 3.8) is 0 Å². The van der Waals surface area contributed by atoms with Gasteiger partial charge in [0.15, 0.2) is 0 Å². The summed E-state index contributed by atoms with van der Waals surface area (Å²) in [5, 5.41) is 1.83. The van der Waals surface area contributed by atoms with Crippen molar-refractivity contribution in [1.82, 2.24) is 0 Å². The van der Waals surface area contributed by atoms with Crippen LogP contribution in [-0.2, 0) is 5.33 Å². The number of benzene rings is 1. The van der Waals surface area contributed by atoms with Crippen LogP contribution in [0.2, 0.25) is 0 Å². The Bertz CT molecular complexity index is 306. The van der Waals surface area contributed by atoms with Gasteiger partial charge in [-0.3, -0.25) is 0 Å². The van der Waals surface area contributed by atoms with Gasteiger partial charge in [0.25, 0.3) is 0 Å². The summed E-state index contributed by atoms with van der Waals surface area (Å²) in [6.07, 6.45) is 2.98. The smallest absolute Gasteiger partial charge is 0.119 e. The van der Waals surface area contributed by atoms with Gasteiger partial charge in [0.05, 0.1) is 0 Å². The zero-order chi connectivity index (χ0) is 10.7. The molecule has 0 heterocycles. The SMILES string of the molecule is BrCc1ccc(OC(CBr)C2CC2)cc1. The lowest BCUT2D eigenvalue weighted by Crippen LogP contribution is -2.20. The molecular formula is C12H14Br2O. The molecule has 1 aliphatic carbocycles. The summed E-state index contributed by atoms with van der Waals surface area (Å²) < 4.78 is 5.92. The van der Waals surface area contributed by atoms with E-state index >= 15 is 0 Å². The van der Waals surface area contributed by atoms with Crippen molar-refractivity contribution in [2.24, 2.45) is 5.92 Å². The van der Waals surface area contributed by atoms with Crippen LogP contribution >= 0.6 is 31.9 Å². The molecule has 0 aliphatic heterocycles. The molecule has 1 unspecified atom stereocenters. The number of halogens is 2. The fourth-order valence-electron chi connectivity index (χ4n) is 1.55. The summed E-state index contributed by atoms with van der Waals surface area (Å²) in [5.41, 5.74) is 1.28. The van der Waals surface area contributed by atoms with E-state index in [-0.39, 0.29) is 0 Å². The van der Waals surface area contributed by atoms with E-state index in [2.05, 4.69) is 56.1 Å². The van der Waals surface area contributed by atoms with E-state index in [4.69, 9.17) is 4.74 Å². The zero-order valence-electron chi connectivity index (χ0n) is 8.46. The van der Waals surface area contributed by atoms with Crippen LogP contribution in [-0.4, -0.2) is 11.4 Å². The van der Waals surface area contributed by atoms with Gasteiger partial charge in [-0.2, -0.15) is 0 Å². The molecule has 0 radical (unpaired) electrons. The quantitative estimate of drug-likeness (QED) is 0.736. The minimum Gasteiger partial charge on any atom is -0.489 e. The lowest BCUT2D eigenvalue weighted by molar-refractivity contribution is 0.204. The molecule has 1 aromatic rings. The minimum atomic E-state index is 0.347. The average Bonchev–Trinajstić information content (AvgIpc) is 3.10. The summed E-state index contributed by atoms with van der Waals surface area (Å²) in [4.78, 5) is 0. The molecule has 82 valence electrons. The molecule has 0 amide bonds. The summed E-state index contributed by atoms with van der Waals surface area (Å²) in [5.74, 6) is 1.75. The second-order valence-corrected chi connectivity index (χ2v) is 5.13. The molecule has 3 heteroatoms. The van der Waals surface area contributed by atoms with Crippen LogP contribution in [0.1, 0.15) is 18.4 Å². The third-order valence-corrected chi connectivity index (χ3v) is 3.95. The first-order valence-corrected chi connectivity index (χ1v) is 7.45. The van der Waals surface area contributed by atoms with Gasteiger partial charge in [-0.05, 0) is 36.5 Å². The van der Waals surface area contributed by atoms with Gasteiger partial charge in [0.1, 0.15) is 11.9 Å². The van der Waals surface area contributed by atoms with Gasteiger partial charge >= 0.3 is 0 Å². The van der Waals surface area contributed by atoms with Crippen LogP contribution in [0.3, 0.4) is 0 Å². The molecule has 2 rings (SSSR count). The van der Waals surface area contributed by atoms with Crippen LogP contribution in [0.25, 0.3) is 0 Å². The Labute approximate surface area is 107 Å². The number of ether oxygens (including phenoxy) is 1. The Kier molecular flexibility index (Phi) is 4.09. The van der Waals surface area contributed by atoms with E-state index < -0.39 is 0 Å². The van der Waals surface area contributed by atoms with Crippen molar-refractivity contribution in [3.8, 4) is 5.75 Å². The van der Waals surface area contributed by atoms with Gasteiger partial charge in [-0.25, -0.2) is 0 Å². The molecule has 1 fully saturated rings. The first kappa shape index (κ1) is 11.5. The topological polar surface area (TPSA) is 9.23 Å². The monoisotopic (exact) mass is 332 g/mol. The summed E-state index contributed by atoms with van der Waals surface area (Å²) in [6, 6.07) is 8.30. The van der Waals surface area contributed by atoms with Crippen molar-refractivity contribution in [2.75, 3.05) is 5.33 Å². The van der Waals surface area contributed by atoms with Crippen LogP contribution in [0.15, 0.2) is 24.3 Å². The maximum Gasteiger partial charge on any atom is 0.119 e. The Hall–Kier alpha value is -0.0200. The standard InChI is InChI=1S/C12H14Br2O/c13-7-9-1-5-11(6-2-9)15-12(8-14)10-3-4-10/h1-2,5-6,10,12H,3-4,7-8H2. The highest BCUT2D eigenvalue weighted by molar-refractivity contribution is 9.09. The molecule has 0 N–H and O–H groups in total. The number of hydrogen-bond donors (Lipinski definition) is 0. The predicted octanol–water partition coefficient (Wildman–Crippen LogP) is 4.13. The average molecular weight is 334 g/mol. The summed E-state index contributed by atoms with van der Waals surface area (Å²) >= 11 is 6.94. The lowest BCUT2D eigenvalue weighted by Gasteiger charge is -2.16. The summed E-state index contributed by atoms with van der Waals surface area (Å²) in [6.45, 7) is 0. The van der Waals surface area contributed by atoms with E-state index in [9.17, 15) is 0 Å². The van der Waals surface area contributed by atoms with E-state index in [1.807, 2.05) is 0 Å². The minimum absolute atomic E-state index is 0.347. The first-order valence-electron chi connectivity index (χ1n) is 5.21. The van der Waals surface area contributed by atoms with E-state index in [1.54, 1.807) is 0 Å². The van der Waals surface area contributed by atoms with Gasteiger partial charge < -0.3 is 4.74 Å². The maximum absolute atomic E-state index is 5.92. The Morgan fingerprint density at radius 1 is 1.20 bits per heavy atom. The largest absolute Gasteiger partial charge is 0.489 e. The third-order valence-electron chi connectivity index (χ3n) is 2.66. The lowest BCUT2D eigenvalue weighted by atomic mass is 10.2. The zero-order valence-corrected chi connectivity index (χ0v) is 11.6. The fraction of sp³-hybridized carbons (Fsp3) is 0.500. The Balaban J connectivity index is 1.96. The van der Waals surface area contributed by atoms with Crippen molar-refractivity contribution in [1.29, 1.82) is 0 Å². The highest BCUT2D eigenvalue weighted by atomic mass is 79.9. The van der Waals surface area contributed by atoms with Crippen molar-refractivity contribution < 1.29 is 4.74 Å². The van der Waals surface area contributed by atoms with Gasteiger partial charge in [-0.1, -0.05) is 44.0 Å². The van der Waals surface area contributed by atoms with Crippen molar-refractivity contribution in [3.05, 3.63) is 29.8 Å². The van der Waals surface area contributed by atoms with Crippen LogP contribution < -0.4 is 4.74 Å². The highest BCUT2D eigenvalue weighted by Crippen LogP contribution is 2.35. The molecule has 1 saturated carbocycles. The van der Waals surface area contributed by atoms with Crippen molar-refractivity contribution >= 4 is 31.9 Å². The number of hydrogen-bond acceptors (Lipinski definition) is 1. The molecule has 1 atom stereocenters. The van der Waals surface area contributed by atoms with Gasteiger partial charge in [-0.15, -0.1) is 0 Å². The molecule has 1 aliphatic rings. The molecule has 0 aromatic heterocycles. The molecule has 15 heavy (non-hydrogen) atoms. The molecule has 0 saturated heterocycles. The molecule has 0 bridgehead atoms. The first-order chi connectivity index (χ1) is 7.33. The fourth-order valence-corrected chi connectivity index (χ4v) is 2.59. The van der Waals surface area contributed by atoms with Gasteiger partial charge in [0.2, 0.25) is 0 Å². The van der Waals surface area contributed by atoms with Crippen LogP contribution in [0, 0.1) is 5.92 Å².